The Morgan fingerprint density at radius 3 is 2.11 bits per heavy atom. The molecule has 7 rings (SSSR count). The molecule has 0 unspecified atom stereocenters. The van der Waals surface area contributed by atoms with E-state index in [1.807, 2.05) is 48.8 Å². The van der Waals surface area contributed by atoms with Crippen molar-refractivity contribution in [1.29, 1.82) is 0 Å². The van der Waals surface area contributed by atoms with Gasteiger partial charge < -0.3 is 14.4 Å². The average Bonchev–Trinajstić information content (AvgIpc) is 3.41. The summed E-state index contributed by atoms with van der Waals surface area (Å²) in [6.07, 6.45) is 4.88. The zero-order valence-electron chi connectivity index (χ0n) is 26.3. The molecule has 4 aromatic carbocycles. The molecule has 227 valence electrons. The fourth-order valence-electron chi connectivity index (χ4n) is 5.20. The minimum atomic E-state index is -1.24. The maximum Gasteiger partial charge on any atom is 0.120 e. The van der Waals surface area contributed by atoms with Gasteiger partial charge in [0.05, 0.1) is 13.7 Å². The Morgan fingerprint density at radius 2 is 1.40 bits per heavy atom. The fraction of sp³-hybridized carbons (Fsp3) is 0.150. The fourth-order valence-corrected chi connectivity index (χ4v) is 6.23. The van der Waals surface area contributed by atoms with Gasteiger partial charge in [-0.3, -0.25) is 0 Å². The third-order valence-electron chi connectivity index (χ3n) is 7.91. The normalized spacial score (nSPS) is 11.1. The predicted octanol–water partition coefficient (Wildman–Crippen LogP) is 9.75. The van der Waals surface area contributed by atoms with Crippen molar-refractivity contribution in [1.82, 2.24) is 9.97 Å². The molecule has 1 radical (unpaired) electrons. The number of aryl methyl sites for hydroxylation is 2. The topological polar surface area (TPSA) is 38.9 Å². The molecule has 0 aliphatic heterocycles. The Kier molecular flexibility index (Phi) is 9.94. The molecule has 3 aromatic heterocycles. The maximum absolute atomic E-state index is 5.91. The summed E-state index contributed by atoms with van der Waals surface area (Å²) < 4.78 is 5.91. The summed E-state index contributed by atoms with van der Waals surface area (Å²) in [6, 6.07) is 42.0. The van der Waals surface area contributed by atoms with Crippen molar-refractivity contribution in [3.05, 3.63) is 150 Å². The van der Waals surface area contributed by atoms with Gasteiger partial charge in [0.15, 0.2) is 0 Å². The van der Waals surface area contributed by atoms with E-state index in [0.29, 0.717) is 0 Å². The minimum Gasteiger partial charge on any atom is -0.500 e. The van der Waals surface area contributed by atoms with E-state index in [4.69, 9.17) is 4.42 Å². The van der Waals surface area contributed by atoms with Crippen molar-refractivity contribution in [3.63, 3.8) is 0 Å². The van der Waals surface area contributed by atoms with Crippen LogP contribution in [0.5, 0.6) is 0 Å². The molecule has 0 atom stereocenters. The van der Waals surface area contributed by atoms with Gasteiger partial charge in [0.25, 0.3) is 0 Å². The van der Waals surface area contributed by atoms with Crippen LogP contribution < -0.4 is 5.19 Å². The van der Waals surface area contributed by atoms with Crippen molar-refractivity contribution < 1.29 is 24.5 Å². The van der Waals surface area contributed by atoms with Crippen LogP contribution in [0, 0.1) is 26.0 Å². The van der Waals surface area contributed by atoms with Crippen LogP contribution in [-0.4, -0.2) is 18.0 Å². The Labute approximate surface area is 280 Å². The first-order valence-electron chi connectivity index (χ1n) is 15.0. The second-order valence-electron chi connectivity index (χ2n) is 12.3. The second kappa shape index (κ2) is 13.9. The summed E-state index contributed by atoms with van der Waals surface area (Å²) in [5.74, 6) is 0. The predicted molar refractivity (Wildman–Crippen MR) is 186 cm³/mol. The first kappa shape index (κ1) is 32.2. The number of aromatic nitrogens is 2. The van der Waals surface area contributed by atoms with Crippen molar-refractivity contribution in [2.24, 2.45) is 0 Å². The number of benzene rings is 4. The van der Waals surface area contributed by atoms with E-state index in [2.05, 4.69) is 122 Å². The van der Waals surface area contributed by atoms with E-state index in [1.54, 1.807) is 0 Å². The molecule has 0 saturated heterocycles. The largest absolute Gasteiger partial charge is 0.500 e. The van der Waals surface area contributed by atoms with Gasteiger partial charge >= 0.3 is 0 Å². The number of nitrogens with zero attached hydrogens (tertiary/aromatic N) is 2. The standard InChI is InChI=1S/C25H18NO.C15H18NSi.Ir/c1-17-16-26-23(15-20(17)13-18-7-3-2-4-8-18)19-11-12-25-22(14-19)21-9-5-6-10-24(21)27-25;1-12-5-7-13(8-6-12)15-10-9-14(11-16-15)17(2,3)4;/h2-10,12,14-16H,13H2,1H3;5-7,9-11H,1-4H3;/q2*-1;. The van der Waals surface area contributed by atoms with Gasteiger partial charge in [-0.15, -0.1) is 59.2 Å². The van der Waals surface area contributed by atoms with Gasteiger partial charge in [0.1, 0.15) is 5.58 Å². The van der Waals surface area contributed by atoms with Crippen LogP contribution >= 0.6 is 0 Å². The molecular weight excluding hydrogens is 745 g/mol. The average molecular weight is 781 g/mol. The molecule has 0 N–H and O–H groups in total. The molecule has 5 heteroatoms. The van der Waals surface area contributed by atoms with Crippen LogP contribution in [0.4, 0.5) is 0 Å². The van der Waals surface area contributed by atoms with E-state index in [1.165, 1.54) is 27.4 Å². The number of fused-ring (bicyclic) bond motifs is 3. The summed E-state index contributed by atoms with van der Waals surface area (Å²) in [4.78, 5) is 9.21. The second-order valence-corrected chi connectivity index (χ2v) is 17.4. The van der Waals surface area contributed by atoms with E-state index in [0.717, 1.165) is 50.9 Å². The van der Waals surface area contributed by atoms with E-state index in [-0.39, 0.29) is 20.1 Å². The zero-order chi connectivity index (χ0) is 30.7. The van der Waals surface area contributed by atoms with Crippen LogP contribution in [0.1, 0.15) is 22.3 Å². The number of rotatable bonds is 5. The molecular formula is C40H36IrN2OSi-2. The number of pyridine rings is 2. The molecule has 45 heavy (non-hydrogen) atoms. The smallest absolute Gasteiger partial charge is 0.120 e. The Hall–Kier alpha value is -4.15. The SMILES string of the molecule is Cc1c[c-]c(-c2ccc([Si](C)(C)C)cn2)cc1.Cc1cnc(-c2[c-]cc3oc4ccccc4c3c2)cc1Cc1ccccc1.[Ir]. The van der Waals surface area contributed by atoms with Gasteiger partial charge in [-0.1, -0.05) is 98.7 Å². The van der Waals surface area contributed by atoms with Crippen LogP contribution in [0.25, 0.3) is 44.5 Å². The summed E-state index contributed by atoms with van der Waals surface area (Å²) >= 11 is 0. The number of hydrogen-bond donors (Lipinski definition) is 0. The Balaban J connectivity index is 0.000000193. The molecule has 0 spiro atoms. The van der Waals surface area contributed by atoms with E-state index < -0.39 is 8.07 Å². The molecule has 0 aliphatic carbocycles. The summed E-state index contributed by atoms with van der Waals surface area (Å²) in [5.41, 5.74) is 10.8. The first-order chi connectivity index (χ1) is 21.2. The monoisotopic (exact) mass is 781 g/mol. The number of hydrogen-bond acceptors (Lipinski definition) is 3. The maximum atomic E-state index is 5.91. The molecule has 7 aromatic rings. The third-order valence-corrected chi connectivity index (χ3v) is 9.94. The van der Waals surface area contributed by atoms with Crippen LogP contribution in [0.15, 0.2) is 120 Å². The van der Waals surface area contributed by atoms with Gasteiger partial charge in [0.2, 0.25) is 0 Å². The van der Waals surface area contributed by atoms with Crippen molar-refractivity contribution in [3.8, 4) is 22.5 Å². The molecule has 0 aliphatic rings. The van der Waals surface area contributed by atoms with Crippen LogP contribution in [0.3, 0.4) is 0 Å². The Morgan fingerprint density at radius 1 is 0.667 bits per heavy atom. The summed E-state index contributed by atoms with van der Waals surface area (Å²) in [6.45, 7) is 11.2. The van der Waals surface area contributed by atoms with Gasteiger partial charge in [-0.25, -0.2) is 0 Å². The van der Waals surface area contributed by atoms with E-state index >= 15 is 0 Å². The van der Waals surface area contributed by atoms with E-state index in [9.17, 15) is 0 Å². The van der Waals surface area contributed by atoms with Crippen LogP contribution in [-0.2, 0) is 26.5 Å². The van der Waals surface area contributed by atoms with Crippen molar-refractivity contribution in [2.45, 2.75) is 39.9 Å². The number of para-hydroxylation sites is 1. The first-order valence-corrected chi connectivity index (χ1v) is 18.5. The molecule has 0 fully saturated rings. The molecule has 0 saturated carbocycles. The van der Waals surface area contributed by atoms with Gasteiger partial charge in [-0.2, -0.15) is 0 Å². The minimum absolute atomic E-state index is 0. The Bertz CT molecular complexity index is 2030. The van der Waals surface area contributed by atoms with Gasteiger partial charge in [0, 0.05) is 37.9 Å². The molecule has 0 bridgehead atoms. The summed E-state index contributed by atoms with van der Waals surface area (Å²) in [7, 11) is -1.24. The van der Waals surface area contributed by atoms with Crippen molar-refractivity contribution in [2.75, 3.05) is 0 Å². The quantitative estimate of drug-likeness (QED) is 0.129. The van der Waals surface area contributed by atoms with Crippen molar-refractivity contribution >= 4 is 35.2 Å². The molecule has 3 nitrogen and oxygen atoms in total. The zero-order valence-corrected chi connectivity index (χ0v) is 29.7. The van der Waals surface area contributed by atoms with Gasteiger partial charge in [-0.05, 0) is 52.7 Å². The molecule has 3 heterocycles. The van der Waals surface area contributed by atoms with Crippen LogP contribution in [0.2, 0.25) is 19.6 Å². The summed E-state index contributed by atoms with van der Waals surface area (Å²) in [5, 5.41) is 3.62. The number of furan rings is 1. The third kappa shape index (κ3) is 7.57. The molecule has 0 amide bonds.